The molecule has 0 aliphatic rings. The van der Waals surface area contributed by atoms with E-state index in [2.05, 4.69) is 6.92 Å². The van der Waals surface area contributed by atoms with Crippen LogP contribution in [-0.2, 0) is 9.53 Å². The van der Waals surface area contributed by atoms with Crippen LogP contribution < -0.4 is 0 Å². The van der Waals surface area contributed by atoms with Crippen molar-refractivity contribution in [3.8, 4) is 0 Å². The van der Waals surface area contributed by atoms with E-state index in [1.807, 2.05) is 0 Å². The molecule has 0 aromatic carbocycles. The number of hydrogen-bond acceptors (Lipinski definition) is 6. The first-order chi connectivity index (χ1) is 10.0. The van der Waals surface area contributed by atoms with Crippen LogP contribution in [0.5, 0.6) is 0 Å². The van der Waals surface area contributed by atoms with Crippen molar-refractivity contribution in [1.29, 1.82) is 0 Å². The number of ether oxygens (including phenoxy) is 1. The monoisotopic (exact) mass is 306 g/mol. The Hall–Kier alpha value is -0.690. The third-order valence-electron chi connectivity index (χ3n) is 3.38. The summed E-state index contributed by atoms with van der Waals surface area (Å²) in [5, 5.41) is 36.6. The molecule has 6 nitrogen and oxygen atoms in total. The molecule has 126 valence electrons. The van der Waals surface area contributed by atoms with E-state index in [-0.39, 0.29) is 6.61 Å². The summed E-state index contributed by atoms with van der Waals surface area (Å²) in [6.07, 6.45) is 3.65. The van der Waals surface area contributed by atoms with Gasteiger partial charge in [-0.2, -0.15) is 0 Å². The number of rotatable bonds is 13. The fourth-order valence-corrected chi connectivity index (χ4v) is 1.94. The van der Waals surface area contributed by atoms with Gasteiger partial charge in [0.25, 0.3) is 0 Å². The highest BCUT2D eigenvalue weighted by Crippen LogP contribution is 2.09. The minimum absolute atomic E-state index is 0.291. The van der Waals surface area contributed by atoms with E-state index in [1.165, 1.54) is 25.7 Å². The van der Waals surface area contributed by atoms with E-state index in [1.54, 1.807) is 0 Å². The van der Waals surface area contributed by atoms with E-state index in [0.717, 1.165) is 19.3 Å². The van der Waals surface area contributed by atoms with Crippen LogP contribution in [0.1, 0.15) is 58.3 Å². The van der Waals surface area contributed by atoms with Gasteiger partial charge in [-0.15, -0.1) is 0 Å². The predicted molar refractivity (Wildman–Crippen MR) is 78.7 cm³/mol. The summed E-state index contributed by atoms with van der Waals surface area (Å²) in [4.78, 5) is 11.4. The molecule has 3 atom stereocenters. The second-order valence-electron chi connectivity index (χ2n) is 5.36. The molecule has 0 radical (unpaired) electrons. The van der Waals surface area contributed by atoms with Gasteiger partial charge in [0.2, 0.25) is 0 Å². The van der Waals surface area contributed by atoms with Crippen LogP contribution in [0.15, 0.2) is 0 Å². The van der Waals surface area contributed by atoms with Crippen molar-refractivity contribution < 1.29 is 30.0 Å². The molecule has 0 aliphatic carbocycles. The molecule has 0 saturated carbocycles. The average Bonchev–Trinajstić information content (AvgIpc) is 2.50. The number of aliphatic hydroxyl groups is 4. The minimum Gasteiger partial charge on any atom is -0.463 e. The summed E-state index contributed by atoms with van der Waals surface area (Å²) in [5.41, 5.74) is 0. The zero-order chi connectivity index (χ0) is 16.1. The van der Waals surface area contributed by atoms with Gasteiger partial charge in [-0.3, -0.25) is 4.79 Å². The van der Waals surface area contributed by atoms with Crippen molar-refractivity contribution in [2.75, 3.05) is 13.2 Å². The maximum Gasteiger partial charge on any atom is 0.305 e. The summed E-state index contributed by atoms with van der Waals surface area (Å²) in [5.74, 6) is -0.423. The standard InChI is InChI=1S/C15H30O6/c1-2-3-4-5-6-7-8-9-14(19)21-11-13(18)15(20)12(17)10-16/h12-13,15-18,20H,2-11H2,1H3. The Morgan fingerprint density at radius 3 is 2.10 bits per heavy atom. The summed E-state index contributed by atoms with van der Waals surface area (Å²) < 4.78 is 4.82. The molecule has 4 N–H and O–H groups in total. The van der Waals surface area contributed by atoms with Crippen molar-refractivity contribution in [1.82, 2.24) is 0 Å². The highest BCUT2D eigenvalue weighted by molar-refractivity contribution is 5.69. The van der Waals surface area contributed by atoms with Crippen molar-refractivity contribution in [2.24, 2.45) is 0 Å². The third-order valence-corrected chi connectivity index (χ3v) is 3.38. The van der Waals surface area contributed by atoms with Gasteiger partial charge in [0, 0.05) is 6.42 Å². The van der Waals surface area contributed by atoms with Gasteiger partial charge in [0.15, 0.2) is 0 Å². The minimum atomic E-state index is -1.53. The number of carbonyl (C=O) groups excluding carboxylic acids is 1. The second-order valence-corrected chi connectivity index (χ2v) is 5.36. The molecule has 0 spiro atoms. The molecule has 0 aromatic rings. The van der Waals surface area contributed by atoms with E-state index < -0.39 is 30.9 Å². The highest BCUT2D eigenvalue weighted by atomic mass is 16.5. The van der Waals surface area contributed by atoms with Crippen LogP contribution in [0.25, 0.3) is 0 Å². The van der Waals surface area contributed by atoms with Gasteiger partial charge in [0.1, 0.15) is 24.9 Å². The summed E-state index contributed by atoms with van der Waals surface area (Å²) in [6.45, 7) is 1.12. The van der Waals surface area contributed by atoms with E-state index in [4.69, 9.17) is 14.9 Å². The molecule has 0 amide bonds. The molecule has 3 unspecified atom stereocenters. The zero-order valence-electron chi connectivity index (χ0n) is 12.9. The van der Waals surface area contributed by atoms with Crippen molar-refractivity contribution in [2.45, 2.75) is 76.6 Å². The Bertz CT molecular complexity index is 259. The van der Waals surface area contributed by atoms with Crippen LogP contribution in [0.2, 0.25) is 0 Å². The van der Waals surface area contributed by atoms with Crippen LogP contribution in [-0.4, -0.2) is 57.9 Å². The summed E-state index contributed by atoms with van der Waals surface area (Å²) in [7, 11) is 0. The lowest BCUT2D eigenvalue weighted by Gasteiger charge is -2.21. The molecule has 0 heterocycles. The first-order valence-corrected chi connectivity index (χ1v) is 7.83. The number of unbranched alkanes of at least 4 members (excludes halogenated alkanes) is 6. The maximum absolute atomic E-state index is 11.4. The van der Waals surface area contributed by atoms with Crippen LogP contribution in [0.3, 0.4) is 0 Å². The van der Waals surface area contributed by atoms with Crippen molar-refractivity contribution >= 4 is 5.97 Å². The molecular formula is C15H30O6. The van der Waals surface area contributed by atoms with Gasteiger partial charge in [-0.1, -0.05) is 45.4 Å². The molecule has 0 aromatic heterocycles. The maximum atomic E-state index is 11.4. The number of esters is 1. The molecular weight excluding hydrogens is 276 g/mol. The van der Waals surface area contributed by atoms with Gasteiger partial charge >= 0.3 is 5.97 Å². The Balaban J connectivity index is 3.57. The zero-order valence-corrected chi connectivity index (χ0v) is 12.9. The van der Waals surface area contributed by atoms with Crippen molar-refractivity contribution in [3.63, 3.8) is 0 Å². The highest BCUT2D eigenvalue weighted by Gasteiger charge is 2.25. The molecule has 6 heteroatoms. The fraction of sp³-hybridized carbons (Fsp3) is 0.933. The second kappa shape index (κ2) is 13.0. The first kappa shape index (κ1) is 20.3. The number of hydrogen-bond donors (Lipinski definition) is 4. The molecule has 0 rings (SSSR count). The molecule has 0 aliphatic heterocycles. The number of aliphatic hydroxyl groups excluding tert-OH is 4. The lowest BCUT2D eigenvalue weighted by atomic mass is 10.1. The number of carbonyl (C=O) groups is 1. The van der Waals surface area contributed by atoms with Crippen LogP contribution in [0, 0.1) is 0 Å². The third kappa shape index (κ3) is 10.6. The molecule has 0 fully saturated rings. The topological polar surface area (TPSA) is 107 Å². The Morgan fingerprint density at radius 2 is 1.52 bits per heavy atom. The normalized spacial score (nSPS) is 15.5. The van der Waals surface area contributed by atoms with E-state index in [9.17, 15) is 15.0 Å². The molecule has 0 bridgehead atoms. The van der Waals surface area contributed by atoms with Gasteiger partial charge in [-0.05, 0) is 6.42 Å². The fourth-order valence-electron chi connectivity index (χ4n) is 1.94. The predicted octanol–water partition coefficient (Wildman–Crippen LogP) is 0.745. The Labute approximate surface area is 126 Å². The van der Waals surface area contributed by atoms with E-state index in [0.29, 0.717) is 6.42 Å². The van der Waals surface area contributed by atoms with Crippen LogP contribution >= 0.6 is 0 Å². The molecule has 0 saturated heterocycles. The lowest BCUT2D eigenvalue weighted by Crippen LogP contribution is -2.42. The largest absolute Gasteiger partial charge is 0.463 e. The Morgan fingerprint density at radius 1 is 0.952 bits per heavy atom. The smallest absolute Gasteiger partial charge is 0.305 e. The summed E-state index contributed by atoms with van der Waals surface area (Å²) >= 11 is 0. The van der Waals surface area contributed by atoms with Crippen molar-refractivity contribution in [3.05, 3.63) is 0 Å². The summed E-state index contributed by atoms with van der Waals surface area (Å²) in [6, 6.07) is 0. The quantitative estimate of drug-likeness (QED) is 0.295. The van der Waals surface area contributed by atoms with Gasteiger partial charge < -0.3 is 25.2 Å². The lowest BCUT2D eigenvalue weighted by molar-refractivity contribution is -0.152. The molecule has 21 heavy (non-hydrogen) atoms. The average molecular weight is 306 g/mol. The van der Waals surface area contributed by atoms with E-state index >= 15 is 0 Å². The SMILES string of the molecule is CCCCCCCCCC(=O)OCC(O)C(O)C(O)CO. The first-order valence-electron chi connectivity index (χ1n) is 7.83. The van der Waals surface area contributed by atoms with Gasteiger partial charge in [0.05, 0.1) is 6.61 Å². The van der Waals surface area contributed by atoms with Gasteiger partial charge in [-0.25, -0.2) is 0 Å². The van der Waals surface area contributed by atoms with Crippen LogP contribution in [0.4, 0.5) is 0 Å². The Kier molecular flexibility index (Phi) is 12.6.